The summed E-state index contributed by atoms with van der Waals surface area (Å²) < 4.78 is 0. The third kappa shape index (κ3) is 5.66. The molecule has 1 aromatic carbocycles. The molecule has 0 radical (unpaired) electrons. The molecule has 2 amide bonds. The van der Waals surface area contributed by atoms with Gasteiger partial charge in [0.25, 0.3) is 0 Å². The van der Waals surface area contributed by atoms with Crippen molar-refractivity contribution in [1.82, 2.24) is 14.7 Å². The molecule has 2 fully saturated rings. The normalized spacial score (nSPS) is 21.6. The van der Waals surface area contributed by atoms with Crippen molar-refractivity contribution in [2.45, 2.75) is 51.7 Å². The second-order valence-electron chi connectivity index (χ2n) is 8.87. The Hall–Kier alpha value is -1.94. The standard InChI is InChI=1S/C22H35BN4O4/c1-3-4-8-25(15-23(30)31)21(28)18(11-24)13-26-14-19-10-20(26)22(29)27(19)12-17-7-5-6-16(2)9-17/h5-7,9,18-20,30-31H,3-4,8,10-15,24H2,1-2H3. The minimum absolute atomic E-state index is 0.120. The van der Waals surface area contributed by atoms with Gasteiger partial charge in [0.15, 0.2) is 0 Å². The van der Waals surface area contributed by atoms with E-state index in [9.17, 15) is 19.6 Å². The fraction of sp³-hybridized carbons (Fsp3) is 0.636. The van der Waals surface area contributed by atoms with Crippen LogP contribution in [0.2, 0.25) is 0 Å². The van der Waals surface area contributed by atoms with Crippen LogP contribution in [-0.4, -0.2) is 88.4 Å². The third-order valence-electron chi connectivity index (χ3n) is 6.39. The Labute approximate surface area is 185 Å². The highest BCUT2D eigenvalue weighted by Gasteiger charge is 2.50. The second-order valence-corrected chi connectivity index (χ2v) is 8.87. The maximum Gasteiger partial charge on any atom is 0.472 e. The van der Waals surface area contributed by atoms with Crippen molar-refractivity contribution < 1.29 is 19.6 Å². The molecule has 0 aliphatic carbocycles. The maximum absolute atomic E-state index is 13.0. The van der Waals surface area contributed by atoms with E-state index in [4.69, 9.17) is 5.73 Å². The summed E-state index contributed by atoms with van der Waals surface area (Å²) in [6.07, 6.45) is 2.35. The van der Waals surface area contributed by atoms with Crippen LogP contribution < -0.4 is 5.73 Å². The lowest BCUT2D eigenvalue weighted by Crippen LogP contribution is -2.54. The molecule has 8 nitrogen and oxygen atoms in total. The van der Waals surface area contributed by atoms with Gasteiger partial charge in [-0.05, 0) is 25.3 Å². The first kappa shape index (κ1) is 23.7. The number of amides is 2. The van der Waals surface area contributed by atoms with Gasteiger partial charge in [-0.1, -0.05) is 43.2 Å². The lowest BCUT2D eigenvalue weighted by atomic mass is 9.90. The quantitative estimate of drug-likeness (QED) is 0.426. The van der Waals surface area contributed by atoms with Crippen LogP contribution in [0.25, 0.3) is 0 Å². The molecule has 0 spiro atoms. The summed E-state index contributed by atoms with van der Waals surface area (Å²) in [6, 6.07) is 8.17. The van der Waals surface area contributed by atoms with Gasteiger partial charge in [0.1, 0.15) is 0 Å². The molecule has 2 aliphatic rings. The number of benzene rings is 1. The van der Waals surface area contributed by atoms with Gasteiger partial charge in [0.2, 0.25) is 11.8 Å². The highest BCUT2D eigenvalue weighted by Crippen LogP contribution is 2.33. The maximum atomic E-state index is 13.0. The summed E-state index contributed by atoms with van der Waals surface area (Å²) in [5.41, 5.74) is 8.25. The zero-order chi connectivity index (χ0) is 22.5. The number of hydrogen-bond donors (Lipinski definition) is 3. The van der Waals surface area contributed by atoms with E-state index in [0.29, 0.717) is 19.6 Å². The summed E-state index contributed by atoms with van der Waals surface area (Å²) >= 11 is 0. The molecule has 2 saturated heterocycles. The summed E-state index contributed by atoms with van der Waals surface area (Å²) in [5.74, 6) is -0.515. The average molecular weight is 430 g/mol. The van der Waals surface area contributed by atoms with E-state index in [2.05, 4.69) is 11.0 Å². The average Bonchev–Trinajstić information content (AvgIpc) is 3.27. The Morgan fingerprint density at radius 3 is 2.77 bits per heavy atom. The summed E-state index contributed by atoms with van der Waals surface area (Å²) in [5, 5.41) is 18.7. The van der Waals surface area contributed by atoms with Gasteiger partial charge in [-0.25, -0.2) is 0 Å². The number of nitrogens with two attached hydrogens (primary N) is 1. The number of aryl methyl sites for hydroxylation is 1. The van der Waals surface area contributed by atoms with E-state index in [1.54, 1.807) is 0 Å². The number of carbonyl (C=O) groups is 2. The van der Waals surface area contributed by atoms with Crippen molar-refractivity contribution in [2.75, 3.05) is 32.6 Å². The van der Waals surface area contributed by atoms with Crippen LogP contribution in [0.15, 0.2) is 24.3 Å². The van der Waals surface area contributed by atoms with Crippen molar-refractivity contribution in [3.8, 4) is 0 Å². The molecule has 3 unspecified atom stereocenters. The van der Waals surface area contributed by atoms with Crippen molar-refractivity contribution in [3.63, 3.8) is 0 Å². The van der Waals surface area contributed by atoms with E-state index in [0.717, 1.165) is 31.4 Å². The van der Waals surface area contributed by atoms with Gasteiger partial charge in [-0.3, -0.25) is 14.5 Å². The van der Waals surface area contributed by atoms with E-state index in [1.165, 1.54) is 10.5 Å². The molecular weight excluding hydrogens is 395 g/mol. The van der Waals surface area contributed by atoms with Crippen LogP contribution in [0.1, 0.15) is 37.3 Å². The fourth-order valence-corrected chi connectivity index (χ4v) is 4.78. The van der Waals surface area contributed by atoms with Gasteiger partial charge >= 0.3 is 7.12 Å². The molecule has 3 rings (SSSR count). The highest BCUT2D eigenvalue weighted by molar-refractivity contribution is 6.41. The van der Waals surface area contributed by atoms with Crippen molar-refractivity contribution in [3.05, 3.63) is 35.4 Å². The number of fused-ring (bicyclic) bond motifs is 2. The first-order chi connectivity index (χ1) is 14.8. The first-order valence-corrected chi connectivity index (χ1v) is 11.3. The van der Waals surface area contributed by atoms with Gasteiger partial charge in [0, 0.05) is 38.8 Å². The van der Waals surface area contributed by atoms with Crippen LogP contribution in [0.3, 0.4) is 0 Å². The van der Waals surface area contributed by atoms with Gasteiger partial charge in [-0.15, -0.1) is 0 Å². The summed E-state index contributed by atoms with van der Waals surface area (Å²) in [4.78, 5) is 31.6. The molecule has 1 aromatic rings. The third-order valence-corrected chi connectivity index (χ3v) is 6.39. The smallest absolute Gasteiger partial charge is 0.426 e. The lowest BCUT2D eigenvalue weighted by Gasteiger charge is -2.36. The fourth-order valence-electron chi connectivity index (χ4n) is 4.78. The molecule has 2 aliphatic heterocycles. The van der Waals surface area contributed by atoms with E-state index in [1.807, 2.05) is 36.9 Å². The van der Waals surface area contributed by atoms with E-state index >= 15 is 0 Å². The first-order valence-electron chi connectivity index (χ1n) is 11.3. The molecule has 0 aromatic heterocycles. The van der Waals surface area contributed by atoms with Gasteiger partial charge < -0.3 is 25.6 Å². The van der Waals surface area contributed by atoms with Crippen molar-refractivity contribution >= 4 is 18.9 Å². The lowest BCUT2D eigenvalue weighted by molar-refractivity contribution is -0.140. The number of unbranched alkanes of at least 4 members (excludes halogenated alkanes) is 1. The molecule has 31 heavy (non-hydrogen) atoms. The Morgan fingerprint density at radius 2 is 2.16 bits per heavy atom. The number of nitrogens with zero attached hydrogens (tertiary/aromatic N) is 3. The minimum Gasteiger partial charge on any atom is -0.426 e. The summed E-state index contributed by atoms with van der Waals surface area (Å²) in [6.45, 7) is 6.49. The predicted octanol–water partition coefficient (Wildman–Crippen LogP) is -0.00428. The Kier molecular flexibility index (Phi) is 8.10. The monoisotopic (exact) mass is 430 g/mol. The number of carbonyl (C=O) groups excluding carboxylic acids is 2. The molecule has 2 bridgehead atoms. The number of hydrogen-bond acceptors (Lipinski definition) is 6. The molecule has 4 N–H and O–H groups in total. The van der Waals surface area contributed by atoms with Crippen LogP contribution >= 0.6 is 0 Å². The zero-order valence-corrected chi connectivity index (χ0v) is 18.6. The Morgan fingerprint density at radius 1 is 1.39 bits per heavy atom. The van der Waals surface area contributed by atoms with Crippen LogP contribution in [-0.2, 0) is 16.1 Å². The predicted molar refractivity (Wildman–Crippen MR) is 120 cm³/mol. The van der Waals surface area contributed by atoms with E-state index < -0.39 is 13.0 Å². The molecule has 170 valence electrons. The van der Waals surface area contributed by atoms with Crippen LogP contribution in [0.4, 0.5) is 0 Å². The number of piperazine rings is 1. The number of rotatable bonds is 11. The molecule has 0 saturated carbocycles. The topological polar surface area (TPSA) is 110 Å². The van der Waals surface area contributed by atoms with Crippen molar-refractivity contribution in [2.24, 2.45) is 11.7 Å². The molecule has 9 heteroatoms. The highest BCUT2D eigenvalue weighted by atomic mass is 16.4. The summed E-state index contributed by atoms with van der Waals surface area (Å²) in [7, 11) is -1.57. The molecular formula is C22H35BN4O4. The molecule has 3 atom stereocenters. The SMILES string of the molecule is CCCCN(CB(O)O)C(=O)C(CN)CN1CC2CC1C(=O)N2Cc1cccc(C)c1. The van der Waals surface area contributed by atoms with Gasteiger partial charge in [-0.2, -0.15) is 0 Å². The van der Waals surface area contributed by atoms with E-state index in [-0.39, 0.29) is 36.9 Å². The van der Waals surface area contributed by atoms with Crippen molar-refractivity contribution in [1.29, 1.82) is 0 Å². The Balaban J connectivity index is 1.61. The van der Waals surface area contributed by atoms with Crippen LogP contribution in [0, 0.1) is 12.8 Å². The van der Waals surface area contributed by atoms with Crippen LogP contribution in [0.5, 0.6) is 0 Å². The largest absolute Gasteiger partial charge is 0.472 e. The second kappa shape index (κ2) is 10.6. The Bertz CT molecular complexity index is 778. The number of likely N-dealkylation sites (tertiary alicyclic amines) is 2. The minimum atomic E-state index is -1.57. The zero-order valence-electron chi connectivity index (χ0n) is 18.6. The van der Waals surface area contributed by atoms with Gasteiger partial charge in [0.05, 0.1) is 18.4 Å². The molecule has 2 heterocycles.